The van der Waals surface area contributed by atoms with Crippen LogP contribution < -0.4 is 4.74 Å². The first-order valence-electron chi connectivity index (χ1n) is 8.35. The van der Waals surface area contributed by atoms with Gasteiger partial charge in [-0.25, -0.2) is 4.79 Å². The summed E-state index contributed by atoms with van der Waals surface area (Å²) in [6, 6.07) is 8.86. The third-order valence-electron chi connectivity index (χ3n) is 4.36. The molecule has 6 nitrogen and oxygen atoms in total. The van der Waals surface area contributed by atoms with Gasteiger partial charge < -0.3 is 14.7 Å². The van der Waals surface area contributed by atoms with Gasteiger partial charge in [-0.1, -0.05) is 37.5 Å². The number of carboxylic acid groups (broad SMARTS) is 1. The van der Waals surface area contributed by atoms with E-state index >= 15 is 0 Å². The Kier molecular flexibility index (Phi) is 6.58. The summed E-state index contributed by atoms with van der Waals surface area (Å²) < 4.78 is 5.22. The summed E-state index contributed by atoms with van der Waals surface area (Å²) in [5, 5.41) is 18.2. The second kappa shape index (κ2) is 8.88. The second-order valence-corrected chi connectivity index (χ2v) is 6.10. The average Bonchev–Trinajstić information content (AvgIpc) is 2.64. The largest absolute Gasteiger partial charge is 0.481 e. The molecule has 0 bridgehead atoms. The van der Waals surface area contributed by atoms with Crippen LogP contribution in [-0.4, -0.2) is 41.6 Å². The molecular formula is C19H22N2O4. The van der Waals surface area contributed by atoms with Crippen molar-refractivity contribution in [3.8, 4) is 11.8 Å². The first-order chi connectivity index (χ1) is 12.0. The van der Waals surface area contributed by atoms with Crippen LogP contribution in [0.4, 0.5) is 0 Å². The van der Waals surface area contributed by atoms with Crippen molar-refractivity contribution in [3.63, 3.8) is 0 Å². The molecule has 0 atom stereocenters. The normalized spacial score (nSPS) is 15.3. The Morgan fingerprint density at radius 3 is 2.64 bits per heavy atom. The number of amides is 1. The Morgan fingerprint density at radius 1 is 1.32 bits per heavy atom. The number of hydrogen-bond donors (Lipinski definition) is 1. The number of likely N-dealkylation sites (N-methyl/N-ethyl adjacent to an activating group) is 1. The maximum absolute atomic E-state index is 12.7. The number of nitrogens with zero attached hydrogens (tertiary/aromatic N) is 2. The summed E-state index contributed by atoms with van der Waals surface area (Å²) in [6.45, 7) is -0.483. The number of rotatable bonds is 6. The van der Waals surface area contributed by atoms with Crippen molar-refractivity contribution in [1.29, 1.82) is 5.26 Å². The van der Waals surface area contributed by atoms with Crippen molar-refractivity contribution in [2.24, 2.45) is 0 Å². The zero-order valence-electron chi connectivity index (χ0n) is 14.3. The molecule has 0 aromatic heterocycles. The molecule has 1 aromatic carbocycles. The van der Waals surface area contributed by atoms with E-state index in [1.165, 1.54) is 12.5 Å². The highest BCUT2D eigenvalue weighted by atomic mass is 16.5. The number of carbonyl (C=O) groups is 2. The lowest BCUT2D eigenvalue weighted by Gasteiger charge is -2.31. The Morgan fingerprint density at radius 2 is 2.00 bits per heavy atom. The monoisotopic (exact) mass is 342 g/mol. The highest BCUT2D eigenvalue weighted by Gasteiger charge is 2.24. The van der Waals surface area contributed by atoms with E-state index in [1.54, 1.807) is 36.2 Å². The number of nitriles is 1. The van der Waals surface area contributed by atoms with E-state index < -0.39 is 12.6 Å². The molecule has 0 radical (unpaired) electrons. The minimum atomic E-state index is -1.09. The van der Waals surface area contributed by atoms with Gasteiger partial charge in [0.2, 0.25) is 0 Å². The lowest BCUT2D eigenvalue weighted by molar-refractivity contribution is -0.139. The summed E-state index contributed by atoms with van der Waals surface area (Å²) in [4.78, 5) is 25.0. The molecule has 0 heterocycles. The van der Waals surface area contributed by atoms with Crippen LogP contribution in [0.2, 0.25) is 0 Å². The van der Waals surface area contributed by atoms with Gasteiger partial charge in [-0.05, 0) is 25.0 Å². The van der Waals surface area contributed by atoms with Gasteiger partial charge in [0.1, 0.15) is 17.4 Å². The van der Waals surface area contributed by atoms with Crippen molar-refractivity contribution < 1.29 is 19.4 Å². The highest BCUT2D eigenvalue weighted by molar-refractivity contribution is 6.02. The van der Waals surface area contributed by atoms with Crippen LogP contribution in [0, 0.1) is 11.3 Å². The summed E-state index contributed by atoms with van der Waals surface area (Å²) in [7, 11) is 1.73. The summed E-state index contributed by atoms with van der Waals surface area (Å²) in [5.74, 6) is -1.08. The molecule has 2 rings (SSSR count). The zero-order chi connectivity index (χ0) is 18.2. The third-order valence-corrected chi connectivity index (χ3v) is 4.36. The highest BCUT2D eigenvalue weighted by Crippen LogP contribution is 2.25. The van der Waals surface area contributed by atoms with Crippen molar-refractivity contribution in [1.82, 2.24) is 4.90 Å². The predicted octanol–water partition coefficient (Wildman–Crippen LogP) is 2.85. The van der Waals surface area contributed by atoms with Crippen LogP contribution in [0.15, 0.2) is 29.8 Å². The van der Waals surface area contributed by atoms with E-state index in [4.69, 9.17) is 9.84 Å². The van der Waals surface area contributed by atoms with E-state index in [-0.39, 0.29) is 17.5 Å². The topological polar surface area (TPSA) is 90.6 Å². The molecule has 1 aliphatic carbocycles. The minimum Gasteiger partial charge on any atom is -0.481 e. The first-order valence-corrected chi connectivity index (χ1v) is 8.35. The van der Waals surface area contributed by atoms with Gasteiger partial charge in [-0.15, -0.1) is 0 Å². The molecule has 1 amide bonds. The van der Waals surface area contributed by atoms with Gasteiger partial charge in [-0.2, -0.15) is 5.26 Å². The minimum absolute atomic E-state index is 0.0134. The molecule has 1 fully saturated rings. The lowest BCUT2D eigenvalue weighted by Crippen LogP contribution is -2.38. The van der Waals surface area contributed by atoms with Gasteiger partial charge >= 0.3 is 5.97 Å². The Bertz CT molecular complexity index is 700. The van der Waals surface area contributed by atoms with Crippen LogP contribution in [-0.2, 0) is 9.59 Å². The van der Waals surface area contributed by atoms with Gasteiger partial charge in [-0.3, -0.25) is 4.79 Å². The van der Waals surface area contributed by atoms with Crippen LogP contribution >= 0.6 is 0 Å². The standard InChI is InChI=1S/C19H22N2O4/c1-21(16-8-3-2-4-9-16)19(24)15(12-20)11-14-7-5-6-10-17(14)25-13-18(22)23/h5-7,10-11,16H,2-4,8-9,13H2,1H3,(H,22,23)/b15-11+. The molecule has 1 aromatic rings. The fourth-order valence-corrected chi connectivity index (χ4v) is 2.99. The molecule has 6 heteroatoms. The summed E-state index contributed by atoms with van der Waals surface area (Å²) >= 11 is 0. The maximum atomic E-state index is 12.7. The van der Waals surface area contributed by atoms with Gasteiger partial charge in [0.15, 0.2) is 6.61 Å². The number of aliphatic carboxylic acids is 1. The molecule has 0 saturated heterocycles. The number of carbonyl (C=O) groups excluding carboxylic acids is 1. The van der Waals surface area contributed by atoms with Crippen LogP contribution in [0.1, 0.15) is 37.7 Å². The van der Waals surface area contributed by atoms with Crippen LogP contribution in [0.3, 0.4) is 0 Å². The van der Waals surface area contributed by atoms with Gasteiger partial charge in [0.05, 0.1) is 0 Å². The molecule has 0 unspecified atom stereocenters. The molecule has 1 saturated carbocycles. The first kappa shape index (κ1) is 18.5. The van der Waals surface area contributed by atoms with Gasteiger partial charge in [0, 0.05) is 18.7 Å². The van der Waals surface area contributed by atoms with Gasteiger partial charge in [0.25, 0.3) is 5.91 Å². The van der Waals surface area contributed by atoms with Crippen LogP contribution in [0.5, 0.6) is 5.75 Å². The summed E-state index contributed by atoms with van der Waals surface area (Å²) in [6.07, 6.45) is 6.75. The van der Waals surface area contributed by atoms with E-state index in [0.717, 1.165) is 25.7 Å². The number of carboxylic acids is 1. The summed E-state index contributed by atoms with van der Waals surface area (Å²) in [5.41, 5.74) is 0.519. The molecule has 1 aliphatic rings. The number of benzene rings is 1. The molecule has 25 heavy (non-hydrogen) atoms. The molecule has 0 aliphatic heterocycles. The quantitative estimate of drug-likeness (QED) is 0.634. The number of para-hydroxylation sites is 1. The Labute approximate surface area is 147 Å². The lowest BCUT2D eigenvalue weighted by atomic mass is 9.94. The van der Waals surface area contributed by atoms with E-state index in [2.05, 4.69) is 0 Å². The van der Waals surface area contributed by atoms with E-state index in [0.29, 0.717) is 11.3 Å². The molecule has 0 spiro atoms. The number of hydrogen-bond acceptors (Lipinski definition) is 4. The Balaban J connectivity index is 2.20. The second-order valence-electron chi connectivity index (χ2n) is 6.10. The third kappa shape index (κ3) is 5.08. The Hall–Kier alpha value is -2.81. The molecule has 132 valence electrons. The number of ether oxygens (including phenoxy) is 1. The average molecular weight is 342 g/mol. The van der Waals surface area contributed by atoms with Crippen molar-refractivity contribution in [2.45, 2.75) is 38.1 Å². The van der Waals surface area contributed by atoms with Crippen LogP contribution in [0.25, 0.3) is 6.08 Å². The molecule has 1 N–H and O–H groups in total. The SMILES string of the molecule is CN(C(=O)/C(C#N)=C/c1ccccc1OCC(=O)O)C1CCCCC1. The fraction of sp³-hybridized carbons (Fsp3) is 0.421. The smallest absolute Gasteiger partial charge is 0.341 e. The van der Waals surface area contributed by atoms with Crippen molar-refractivity contribution in [3.05, 3.63) is 35.4 Å². The van der Waals surface area contributed by atoms with Crippen molar-refractivity contribution in [2.75, 3.05) is 13.7 Å². The fourth-order valence-electron chi connectivity index (χ4n) is 2.99. The van der Waals surface area contributed by atoms with E-state index in [1.807, 2.05) is 6.07 Å². The zero-order valence-corrected chi connectivity index (χ0v) is 14.3. The van der Waals surface area contributed by atoms with Crippen molar-refractivity contribution >= 4 is 18.0 Å². The maximum Gasteiger partial charge on any atom is 0.341 e. The van der Waals surface area contributed by atoms with E-state index in [9.17, 15) is 14.9 Å². The molecular weight excluding hydrogens is 320 g/mol. The predicted molar refractivity (Wildman–Crippen MR) is 92.8 cm³/mol.